The van der Waals surface area contributed by atoms with E-state index in [-0.39, 0.29) is 11.4 Å². The van der Waals surface area contributed by atoms with Crippen LogP contribution in [0.1, 0.15) is 36.2 Å². The highest BCUT2D eigenvalue weighted by Crippen LogP contribution is 2.14. The molecule has 1 N–H and O–H groups in total. The molecule has 0 unspecified atom stereocenters. The van der Waals surface area contributed by atoms with Gasteiger partial charge < -0.3 is 5.32 Å². The molecule has 110 valence electrons. The van der Waals surface area contributed by atoms with E-state index in [1.54, 1.807) is 0 Å². The SMILES string of the molecule is CC(C)(CCc1ccccc1)NC(=O)c1ccc(F)nc1. The summed E-state index contributed by atoms with van der Waals surface area (Å²) in [6, 6.07) is 12.8. The van der Waals surface area contributed by atoms with E-state index in [1.807, 2.05) is 32.0 Å². The van der Waals surface area contributed by atoms with Gasteiger partial charge in [-0.05, 0) is 44.4 Å². The first kappa shape index (κ1) is 15.2. The molecular formula is C17H19FN2O. The molecule has 0 bridgehead atoms. The van der Waals surface area contributed by atoms with Gasteiger partial charge in [0.2, 0.25) is 5.95 Å². The van der Waals surface area contributed by atoms with E-state index in [2.05, 4.69) is 22.4 Å². The van der Waals surface area contributed by atoms with Gasteiger partial charge in [0.15, 0.2) is 0 Å². The first-order chi connectivity index (χ1) is 9.96. The monoisotopic (exact) mass is 286 g/mol. The summed E-state index contributed by atoms with van der Waals surface area (Å²) in [7, 11) is 0. The third-order valence-corrected chi connectivity index (χ3v) is 3.32. The third kappa shape index (κ3) is 4.67. The molecule has 0 fully saturated rings. The van der Waals surface area contributed by atoms with Gasteiger partial charge >= 0.3 is 0 Å². The zero-order valence-electron chi connectivity index (χ0n) is 12.3. The number of amides is 1. The first-order valence-electron chi connectivity index (χ1n) is 6.94. The quantitative estimate of drug-likeness (QED) is 0.856. The number of carbonyl (C=O) groups is 1. The van der Waals surface area contributed by atoms with Crippen LogP contribution in [0.15, 0.2) is 48.7 Å². The van der Waals surface area contributed by atoms with Gasteiger partial charge in [-0.15, -0.1) is 0 Å². The van der Waals surface area contributed by atoms with Gasteiger partial charge in [0.05, 0.1) is 5.56 Å². The van der Waals surface area contributed by atoms with Crippen LogP contribution in [-0.4, -0.2) is 16.4 Å². The normalized spacial score (nSPS) is 11.2. The molecule has 4 heteroatoms. The largest absolute Gasteiger partial charge is 0.347 e. The second-order valence-corrected chi connectivity index (χ2v) is 5.69. The van der Waals surface area contributed by atoms with Gasteiger partial charge in [-0.1, -0.05) is 30.3 Å². The first-order valence-corrected chi connectivity index (χ1v) is 6.94. The number of benzene rings is 1. The molecule has 0 atom stereocenters. The Morgan fingerprint density at radius 3 is 2.52 bits per heavy atom. The Morgan fingerprint density at radius 2 is 1.90 bits per heavy atom. The van der Waals surface area contributed by atoms with Gasteiger partial charge in [-0.25, -0.2) is 4.98 Å². The second-order valence-electron chi connectivity index (χ2n) is 5.69. The van der Waals surface area contributed by atoms with Crippen molar-refractivity contribution in [3.05, 3.63) is 65.7 Å². The van der Waals surface area contributed by atoms with Crippen LogP contribution in [0.3, 0.4) is 0 Å². The summed E-state index contributed by atoms with van der Waals surface area (Å²) in [5, 5.41) is 2.96. The van der Waals surface area contributed by atoms with Crippen LogP contribution < -0.4 is 5.32 Å². The van der Waals surface area contributed by atoms with Crippen molar-refractivity contribution in [3.8, 4) is 0 Å². The van der Waals surface area contributed by atoms with Gasteiger partial charge in [0.25, 0.3) is 5.91 Å². The average molecular weight is 286 g/mol. The lowest BCUT2D eigenvalue weighted by Crippen LogP contribution is -2.43. The molecule has 2 rings (SSSR count). The molecule has 1 amide bonds. The molecule has 0 saturated heterocycles. The molecule has 0 aliphatic rings. The van der Waals surface area contributed by atoms with E-state index >= 15 is 0 Å². The Balaban J connectivity index is 1.93. The summed E-state index contributed by atoms with van der Waals surface area (Å²) in [5.41, 5.74) is 1.26. The van der Waals surface area contributed by atoms with Crippen molar-refractivity contribution in [2.75, 3.05) is 0 Å². The summed E-state index contributed by atoms with van der Waals surface area (Å²) in [6.45, 7) is 3.95. The van der Waals surface area contributed by atoms with Gasteiger partial charge in [0.1, 0.15) is 0 Å². The number of hydrogen-bond acceptors (Lipinski definition) is 2. The summed E-state index contributed by atoms with van der Waals surface area (Å²) in [4.78, 5) is 15.6. The molecule has 0 aliphatic heterocycles. The lowest BCUT2D eigenvalue weighted by molar-refractivity contribution is 0.0909. The number of carbonyl (C=O) groups excluding carboxylic acids is 1. The van der Waals surface area contributed by atoms with Crippen LogP contribution in [0.25, 0.3) is 0 Å². The number of pyridine rings is 1. The van der Waals surface area contributed by atoms with Crippen LogP contribution in [-0.2, 0) is 6.42 Å². The maximum atomic E-state index is 12.8. The minimum Gasteiger partial charge on any atom is -0.347 e. The van der Waals surface area contributed by atoms with E-state index in [4.69, 9.17) is 0 Å². The Labute approximate surface area is 124 Å². The average Bonchev–Trinajstić information content (AvgIpc) is 2.46. The lowest BCUT2D eigenvalue weighted by Gasteiger charge is -2.26. The zero-order valence-corrected chi connectivity index (χ0v) is 12.3. The lowest BCUT2D eigenvalue weighted by atomic mass is 9.95. The smallest absolute Gasteiger partial charge is 0.253 e. The van der Waals surface area contributed by atoms with Gasteiger partial charge in [-0.3, -0.25) is 4.79 Å². The van der Waals surface area contributed by atoms with Crippen LogP contribution >= 0.6 is 0 Å². The van der Waals surface area contributed by atoms with Crippen LogP contribution in [0.4, 0.5) is 4.39 Å². The predicted molar refractivity (Wildman–Crippen MR) is 80.5 cm³/mol. The summed E-state index contributed by atoms with van der Waals surface area (Å²) in [6.07, 6.45) is 2.95. The Morgan fingerprint density at radius 1 is 1.19 bits per heavy atom. The number of aromatic nitrogens is 1. The molecular weight excluding hydrogens is 267 g/mol. The molecule has 1 heterocycles. The molecule has 0 radical (unpaired) electrons. The zero-order chi connectivity index (χ0) is 15.3. The van der Waals surface area contributed by atoms with Crippen molar-refractivity contribution in [1.82, 2.24) is 10.3 Å². The van der Waals surface area contributed by atoms with E-state index in [0.717, 1.165) is 12.8 Å². The number of halogens is 1. The molecule has 21 heavy (non-hydrogen) atoms. The number of aryl methyl sites for hydroxylation is 1. The summed E-state index contributed by atoms with van der Waals surface area (Å²) in [5.74, 6) is -0.824. The minimum absolute atomic E-state index is 0.236. The van der Waals surface area contributed by atoms with E-state index < -0.39 is 5.95 Å². The van der Waals surface area contributed by atoms with E-state index in [0.29, 0.717) is 5.56 Å². The second kappa shape index (κ2) is 6.48. The minimum atomic E-state index is -0.588. The van der Waals surface area contributed by atoms with Gasteiger partial charge in [0, 0.05) is 11.7 Å². The Kier molecular flexibility index (Phi) is 4.68. The van der Waals surface area contributed by atoms with Crippen LogP contribution in [0.2, 0.25) is 0 Å². The Bertz CT molecular complexity index is 594. The number of nitrogens with one attached hydrogen (secondary N) is 1. The highest BCUT2D eigenvalue weighted by molar-refractivity contribution is 5.94. The predicted octanol–water partition coefficient (Wildman–Crippen LogP) is 3.36. The van der Waals surface area contributed by atoms with Gasteiger partial charge in [-0.2, -0.15) is 4.39 Å². The van der Waals surface area contributed by atoms with Crippen molar-refractivity contribution < 1.29 is 9.18 Å². The van der Waals surface area contributed by atoms with Crippen molar-refractivity contribution in [2.24, 2.45) is 0 Å². The molecule has 1 aromatic carbocycles. The van der Waals surface area contributed by atoms with Crippen molar-refractivity contribution in [3.63, 3.8) is 0 Å². The number of nitrogens with zero attached hydrogens (tertiary/aromatic N) is 1. The van der Waals surface area contributed by atoms with Crippen LogP contribution in [0, 0.1) is 5.95 Å². The topological polar surface area (TPSA) is 42.0 Å². The van der Waals surface area contributed by atoms with Crippen molar-refractivity contribution >= 4 is 5.91 Å². The van der Waals surface area contributed by atoms with E-state index in [9.17, 15) is 9.18 Å². The van der Waals surface area contributed by atoms with Crippen molar-refractivity contribution in [1.29, 1.82) is 0 Å². The Hall–Kier alpha value is -2.23. The van der Waals surface area contributed by atoms with E-state index in [1.165, 1.54) is 23.9 Å². The van der Waals surface area contributed by atoms with Crippen molar-refractivity contribution in [2.45, 2.75) is 32.2 Å². The molecule has 0 saturated carbocycles. The fraction of sp³-hybridized carbons (Fsp3) is 0.294. The fourth-order valence-corrected chi connectivity index (χ4v) is 2.05. The molecule has 3 nitrogen and oxygen atoms in total. The molecule has 1 aromatic heterocycles. The summed E-state index contributed by atoms with van der Waals surface area (Å²) < 4.78 is 12.8. The fourth-order valence-electron chi connectivity index (χ4n) is 2.05. The molecule has 0 aliphatic carbocycles. The third-order valence-electron chi connectivity index (χ3n) is 3.32. The number of rotatable bonds is 5. The summed E-state index contributed by atoms with van der Waals surface area (Å²) >= 11 is 0. The maximum Gasteiger partial charge on any atom is 0.253 e. The highest BCUT2D eigenvalue weighted by atomic mass is 19.1. The maximum absolute atomic E-state index is 12.8. The number of hydrogen-bond donors (Lipinski definition) is 1. The van der Waals surface area contributed by atoms with Crippen LogP contribution in [0.5, 0.6) is 0 Å². The molecule has 2 aromatic rings. The highest BCUT2D eigenvalue weighted by Gasteiger charge is 2.21. The standard InChI is InChI=1S/C17H19FN2O/c1-17(2,11-10-13-6-4-3-5-7-13)20-16(21)14-8-9-15(18)19-12-14/h3-9,12H,10-11H2,1-2H3,(H,20,21). The molecule has 0 spiro atoms.